The minimum atomic E-state index is -0.306. The zero-order chi connectivity index (χ0) is 15.7. The van der Waals surface area contributed by atoms with E-state index in [4.69, 9.17) is 0 Å². The summed E-state index contributed by atoms with van der Waals surface area (Å²) in [7, 11) is 0. The van der Waals surface area contributed by atoms with E-state index in [0.29, 0.717) is 0 Å². The molecule has 0 saturated carbocycles. The van der Waals surface area contributed by atoms with Crippen LogP contribution in [0.15, 0.2) is 48.7 Å². The minimum absolute atomic E-state index is 0.101. The average molecular weight is 310 g/mol. The Balaban J connectivity index is 2.08. The van der Waals surface area contributed by atoms with Gasteiger partial charge < -0.3 is 4.57 Å². The second-order valence-corrected chi connectivity index (χ2v) is 6.21. The summed E-state index contributed by atoms with van der Waals surface area (Å²) in [5.74, 6) is 0.977. The zero-order valence-corrected chi connectivity index (χ0v) is 13.7. The van der Waals surface area contributed by atoms with E-state index in [9.17, 15) is 4.79 Å². The number of rotatable bonds is 4. The van der Waals surface area contributed by atoms with Crippen molar-refractivity contribution in [3.05, 3.63) is 65.5 Å². The molecule has 3 nitrogen and oxygen atoms in total. The maximum atomic E-state index is 12.8. The fraction of sp³-hybridized carbons (Fsp3) is 0.222. The van der Waals surface area contributed by atoms with E-state index in [1.807, 2.05) is 60.3 Å². The molecule has 1 aromatic rings. The van der Waals surface area contributed by atoms with Gasteiger partial charge in [-0.05, 0) is 37.8 Å². The van der Waals surface area contributed by atoms with Crippen LogP contribution >= 0.6 is 11.8 Å². The number of hydrogen-bond donors (Lipinski definition) is 0. The predicted octanol–water partition coefficient (Wildman–Crippen LogP) is 4.35. The van der Waals surface area contributed by atoms with Crippen LogP contribution in [0.3, 0.4) is 0 Å². The van der Waals surface area contributed by atoms with Gasteiger partial charge in [0.25, 0.3) is 0 Å². The van der Waals surface area contributed by atoms with Crippen molar-refractivity contribution in [2.24, 2.45) is 0 Å². The lowest BCUT2D eigenvalue weighted by Crippen LogP contribution is -2.18. The van der Waals surface area contributed by atoms with Crippen LogP contribution < -0.4 is 0 Å². The summed E-state index contributed by atoms with van der Waals surface area (Å²) in [4.78, 5) is 17.5. The average Bonchev–Trinajstić information content (AvgIpc) is 2.85. The van der Waals surface area contributed by atoms with Crippen LogP contribution in [0.1, 0.15) is 27.0 Å². The Labute approximate surface area is 134 Å². The van der Waals surface area contributed by atoms with Crippen LogP contribution in [-0.4, -0.2) is 21.6 Å². The summed E-state index contributed by atoms with van der Waals surface area (Å²) < 4.78 is 1.98. The van der Waals surface area contributed by atoms with E-state index < -0.39 is 0 Å². The van der Waals surface area contributed by atoms with Gasteiger partial charge in [0.15, 0.2) is 5.78 Å². The molecule has 112 valence electrons. The van der Waals surface area contributed by atoms with Crippen molar-refractivity contribution < 1.29 is 4.79 Å². The maximum Gasteiger partial charge on any atom is 0.195 e. The number of fused-ring (bicyclic) bond motifs is 1. The highest BCUT2D eigenvalue weighted by molar-refractivity contribution is 7.99. The van der Waals surface area contributed by atoms with Crippen LogP contribution in [-0.2, 0) is 0 Å². The number of carbonyl (C=O) groups excluding carboxylic acids is 1. The van der Waals surface area contributed by atoms with Crippen molar-refractivity contribution in [3.8, 4) is 11.4 Å². The summed E-state index contributed by atoms with van der Waals surface area (Å²) in [6.07, 6.45) is 3.90. The summed E-state index contributed by atoms with van der Waals surface area (Å²) in [5, 5.41) is -0.306. The van der Waals surface area contributed by atoms with Gasteiger partial charge in [0.05, 0.1) is 0 Å². The Morgan fingerprint density at radius 3 is 2.55 bits per heavy atom. The molecule has 1 unspecified atom stereocenters. The van der Waals surface area contributed by atoms with E-state index in [1.54, 1.807) is 0 Å². The first kappa shape index (κ1) is 14.9. The number of pyridine rings is 1. The van der Waals surface area contributed by atoms with E-state index >= 15 is 0 Å². The molecule has 1 aromatic carbocycles. The number of nitrogens with zero attached hydrogens (tertiary/aromatic N) is 2. The highest BCUT2D eigenvalue weighted by Gasteiger charge is 2.25. The molecule has 0 spiro atoms. The Hall–Kier alpha value is -2.07. The lowest BCUT2D eigenvalue weighted by Gasteiger charge is -2.20. The van der Waals surface area contributed by atoms with Crippen LogP contribution in [0, 0.1) is 13.8 Å². The molecule has 0 N–H and O–H groups in total. The number of thioether (sulfide) groups is 1. The highest BCUT2D eigenvalue weighted by Crippen LogP contribution is 2.33. The summed E-state index contributed by atoms with van der Waals surface area (Å²) >= 11 is 1.53. The van der Waals surface area contributed by atoms with Crippen molar-refractivity contribution in [2.75, 3.05) is 6.26 Å². The lowest BCUT2D eigenvalue weighted by atomic mass is 10.1. The second kappa shape index (κ2) is 5.97. The van der Waals surface area contributed by atoms with Crippen LogP contribution in [0.4, 0.5) is 0 Å². The van der Waals surface area contributed by atoms with Crippen molar-refractivity contribution in [3.63, 3.8) is 0 Å². The Morgan fingerprint density at radius 2 is 1.86 bits per heavy atom. The normalized spacial score (nSPS) is 12.5. The van der Waals surface area contributed by atoms with E-state index in [2.05, 4.69) is 18.0 Å². The van der Waals surface area contributed by atoms with Gasteiger partial charge in [0.2, 0.25) is 0 Å². The molecular weight excluding hydrogens is 292 g/mol. The first-order chi connectivity index (χ1) is 10.6. The Kier molecular flexibility index (Phi) is 4.03. The summed E-state index contributed by atoms with van der Waals surface area (Å²) in [6.45, 7) is 4.08. The van der Waals surface area contributed by atoms with Crippen molar-refractivity contribution in [2.45, 2.75) is 19.2 Å². The molecule has 0 saturated heterocycles. The van der Waals surface area contributed by atoms with Gasteiger partial charge in [-0.15, -0.1) is 11.8 Å². The summed E-state index contributed by atoms with van der Waals surface area (Å²) in [5.41, 5.74) is 4.03. The van der Waals surface area contributed by atoms with Crippen LogP contribution in [0.5, 0.6) is 0 Å². The van der Waals surface area contributed by atoms with E-state index in [0.717, 1.165) is 22.6 Å². The fourth-order valence-corrected chi connectivity index (χ4v) is 3.39. The molecule has 0 aliphatic carbocycles. The van der Waals surface area contributed by atoms with Crippen molar-refractivity contribution in [1.82, 2.24) is 9.55 Å². The Morgan fingerprint density at radius 1 is 1.14 bits per heavy atom. The third-order valence-corrected chi connectivity index (χ3v) is 4.86. The number of carbonyl (C=O) groups is 1. The monoisotopic (exact) mass is 310 g/mol. The molecule has 0 aromatic heterocycles. The second-order valence-electron chi connectivity index (χ2n) is 5.29. The smallest absolute Gasteiger partial charge is 0.195 e. The van der Waals surface area contributed by atoms with Gasteiger partial charge in [-0.1, -0.05) is 30.3 Å². The number of hydrogen-bond acceptors (Lipinski definition) is 3. The van der Waals surface area contributed by atoms with Gasteiger partial charge in [-0.2, -0.15) is 0 Å². The van der Waals surface area contributed by atoms with Gasteiger partial charge >= 0.3 is 0 Å². The summed E-state index contributed by atoms with van der Waals surface area (Å²) in [6, 6.07) is 13.5. The number of ketones is 1. The third-order valence-electron chi connectivity index (χ3n) is 3.97. The quantitative estimate of drug-likeness (QED) is 0.672. The molecule has 3 rings (SSSR count). The number of benzene rings is 1. The van der Waals surface area contributed by atoms with Crippen molar-refractivity contribution >= 4 is 17.5 Å². The molecule has 0 fully saturated rings. The molecule has 0 amide bonds. The first-order valence-corrected chi connectivity index (χ1v) is 8.48. The minimum Gasteiger partial charge on any atom is -0.312 e. The molecule has 1 atom stereocenters. The molecule has 2 heterocycles. The van der Waals surface area contributed by atoms with E-state index in [1.165, 1.54) is 17.3 Å². The first-order valence-electron chi connectivity index (χ1n) is 7.19. The molecule has 0 radical (unpaired) electrons. The SMILES string of the molecule is CSC(C(=O)c1ccccc1)n1cccc2c(C)c(C)nc1-2. The molecule has 4 heteroatoms. The molecular formula is C18H18N2OS. The fourth-order valence-electron chi connectivity index (χ4n) is 2.65. The van der Waals surface area contributed by atoms with Gasteiger partial charge in [-0.25, -0.2) is 4.98 Å². The molecule has 2 aliphatic rings. The molecule has 2 aliphatic heterocycles. The van der Waals surface area contributed by atoms with Gasteiger partial charge in [0, 0.05) is 23.0 Å². The maximum absolute atomic E-state index is 12.8. The zero-order valence-electron chi connectivity index (χ0n) is 12.9. The Bertz CT molecular complexity index is 779. The van der Waals surface area contributed by atoms with Crippen molar-refractivity contribution in [1.29, 1.82) is 0 Å². The number of aryl methyl sites for hydroxylation is 1. The standard InChI is InChI=1S/C18H18N2OS/c1-12-13(2)19-17-15(12)10-7-11-20(17)18(22-3)16(21)14-8-5-4-6-9-14/h4-11,18H,1-3H3. The number of aromatic nitrogens is 2. The molecule has 22 heavy (non-hydrogen) atoms. The number of Topliss-reactive ketones (excluding diaryl/α,β-unsaturated/α-hetero) is 1. The highest BCUT2D eigenvalue weighted by atomic mass is 32.2. The topological polar surface area (TPSA) is 34.9 Å². The molecule has 0 bridgehead atoms. The van der Waals surface area contributed by atoms with E-state index in [-0.39, 0.29) is 11.2 Å². The predicted molar refractivity (Wildman–Crippen MR) is 91.6 cm³/mol. The largest absolute Gasteiger partial charge is 0.312 e. The van der Waals surface area contributed by atoms with Crippen LogP contribution in [0.25, 0.3) is 11.4 Å². The lowest BCUT2D eigenvalue weighted by molar-refractivity contribution is 0.0967. The van der Waals surface area contributed by atoms with Crippen LogP contribution in [0.2, 0.25) is 0 Å². The van der Waals surface area contributed by atoms with Gasteiger partial charge in [0.1, 0.15) is 11.2 Å². The van der Waals surface area contributed by atoms with Gasteiger partial charge in [-0.3, -0.25) is 4.79 Å². The third kappa shape index (κ3) is 2.44.